The highest BCUT2D eigenvalue weighted by molar-refractivity contribution is 5.95. The summed E-state index contributed by atoms with van der Waals surface area (Å²) in [5.74, 6) is 0.868. The van der Waals surface area contributed by atoms with Crippen molar-refractivity contribution >= 4 is 28.5 Å². The third-order valence-corrected chi connectivity index (χ3v) is 8.98. The fraction of sp³-hybridized carbons (Fsp3) is 0.368. The van der Waals surface area contributed by atoms with Crippen molar-refractivity contribution in [3.8, 4) is 16.9 Å². The van der Waals surface area contributed by atoms with Crippen LogP contribution in [-0.4, -0.2) is 83.9 Å². The molecule has 2 N–H and O–H groups in total. The molecule has 0 aliphatic carbocycles. The van der Waals surface area contributed by atoms with Gasteiger partial charge in [0.25, 0.3) is 5.91 Å². The minimum absolute atomic E-state index is 0.00566. The second kappa shape index (κ2) is 14.8. The van der Waals surface area contributed by atoms with Crippen LogP contribution in [-0.2, 0) is 16.0 Å². The molecule has 1 aromatic heterocycles. The molecule has 0 spiro atoms. The molecule has 4 aromatic rings. The predicted octanol–water partition coefficient (Wildman–Crippen LogP) is 4.70. The van der Waals surface area contributed by atoms with E-state index < -0.39 is 0 Å². The molecule has 3 heterocycles. The molecule has 2 aliphatic rings. The van der Waals surface area contributed by atoms with Gasteiger partial charge in [-0.05, 0) is 65.4 Å². The molecule has 47 heavy (non-hydrogen) atoms. The van der Waals surface area contributed by atoms with Crippen LogP contribution in [0.5, 0.6) is 5.75 Å². The average Bonchev–Trinajstić information content (AvgIpc) is 3.48. The van der Waals surface area contributed by atoms with Gasteiger partial charge in [0.15, 0.2) is 0 Å². The highest BCUT2D eigenvalue weighted by Gasteiger charge is 2.37. The Morgan fingerprint density at radius 2 is 1.81 bits per heavy atom. The van der Waals surface area contributed by atoms with Crippen LogP contribution in [0.15, 0.2) is 85.2 Å². The zero-order valence-electron chi connectivity index (χ0n) is 27.2. The third-order valence-electron chi connectivity index (χ3n) is 8.98. The summed E-state index contributed by atoms with van der Waals surface area (Å²) >= 11 is 0. The second-order valence-corrected chi connectivity index (χ2v) is 13.1. The van der Waals surface area contributed by atoms with Crippen molar-refractivity contribution in [1.29, 1.82) is 0 Å². The lowest BCUT2D eigenvalue weighted by Crippen LogP contribution is -2.47. The minimum atomic E-state index is -0.204. The monoisotopic (exact) mass is 633 g/mol. The van der Waals surface area contributed by atoms with Crippen LogP contribution in [0, 0.1) is 5.92 Å². The maximum Gasteiger partial charge on any atom is 0.252 e. The van der Waals surface area contributed by atoms with Crippen molar-refractivity contribution in [2.45, 2.75) is 45.2 Å². The van der Waals surface area contributed by atoms with Crippen LogP contribution in [0.25, 0.3) is 21.9 Å². The summed E-state index contributed by atoms with van der Waals surface area (Å²) < 4.78 is 6.30. The van der Waals surface area contributed by atoms with Gasteiger partial charge in [0.05, 0.1) is 24.6 Å². The van der Waals surface area contributed by atoms with E-state index in [0.29, 0.717) is 49.9 Å². The smallest absolute Gasteiger partial charge is 0.252 e. The van der Waals surface area contributed by atoms with Crippen molar-refractivity contribution < 1.29 is 19.1 Å². The molecule has 9 heteroatoms. The van der Waals surface area contributed by atoms with Gasteiger partial charge in [-0.2, -0.15) is 0 Å². The van der Waals surface area contributed by atoms with Gasteiger partial charge < -0.3 is 20.3 Å². The molecule has 4 bridgehead atoms. The average molecular weight is 634 g/mol. The lowest BCUT2D eigenvalue weighted by Gasteiger charge is -2.29. The molecule has 0 saturated carbocycles. The molecule has 2 atom stereocenters. The molecule has 3 aromatic carbocycles. The van der Waals surface area contributed by atoms with Gasteiger partial charge >= 0.3 is 0 Å². The number of rotatable bonds is 6. The Kier molecular flexibility index (Phi) is 10.1. The molecule has 1 fully saturated rings. The van der Waals surface area contributed by atoms with Gasteiger partial charge in [-0.1, -0.05) is 68.4 Å². The Bertz CT molecular complexity index is 1740. The summed E-state index contributed by atoms with van der Waals surface area (Å²) in [5.41, 5.74) is 3.14. The summed E-state index contributed by atoms with van der Waals surface area (Å²) in [6.07, 6.45) is 5.11. The Balaban J connectivity index is 1.20. The van der Waals surface area contributed by atoms with Crippen molar-refractivity contribution in [3.63, 3.8) is 0 Å². The fourth-order valence-electron chi connectivity index (χ4n) is 6.40. The van der Waals surface area contributed by atoms with Crippen molar-refractivity contribution in [1.82, 2.24) is 25.4 Å². The summed E-state index contributed by atoms with van der Waals surface area (Å²) in [7, 11) is 0. The van der Waals surface area contributed by atoms with Crippen LogP contribution < -0.4 is 15.4 Å². The van der Waals surface area contributed by atoms with Gasteiger partial charge in [0.2, 0.25) is 11.8 Å². The largest absolute Gasteiger partial charge is 0.491 e. The molecule has 1 saturated heterocycles. The second-order valence-electron chi connectivity index (χ2n) is 13.1. The van der Waals surface area contributed by atoms with Crippen LogP contribution in [0.2, 0.25) is 0 Å². The van der Waals surface area contributed by atoms with Gasteiger partial charge in [-0.15, -0.1) is 0 Å². The van der Waals surface area contributed by atoms with E-state index in [9.17, 15) is 14.4 Å². The molecule has 9 nitrogen and oxygen atoms in total. The van der Waals surface area contributed by atoms with Crippen LogP contribution in [0.1, 0.15) is 42.6 Å². The highest BCUT2D eigenvalue weighted by Crippen LogP contribution is 2.26. The quantitative estimate of drug-likeness (QED) is 0.319. The Morgan fingerprint density at radius 1 is 0.979 bits per heavy atom. The van der Waals surface area contributed by atoms with Crippen molar-refractivity contribution in [3.05, 3.63) is 96.3 Å². The first-order valence-electron chi connectivity index (χ1n) is 16.6. The zero-order chi connectivity index (χ0) is 32.8. The van der Waals surface area contributed by atoms with E-state index >= 15 is 0 Å². The van der Waals surface area contributed by atoms with E-state index in [1.165, 1.54) is 0 Å². The molecular weight excluding hydrogens is 590 g/mol. The van der Waals surface area contributed by atoms with E-state index in [2.05, 4.69) is 52.6 Å². The van der Waals surface area contributed by atoms with Crippen molar-refractivity contribution in [2.75, 3.05) is 39.3 Å². The maximum absolute atomic E-state index is 13.9. The number of hydrogen-bond donors (Lipinski definition) is 2. The summed E-state index contributed by atoms with van der Waals surface area (Å²) in [5, 5.41) is 8.46. The number of carbonyl (C=O) groups excluding carboxylic acids is 3. The topological polar surface area (TPSA) is 104 Å². The SMILES string of the molecule is CC(C)CCN1CCNC(=O)c2cncc(c2)-c2cccc(c2)OC[C@@H]2C[C@@H](NC(=O)Cc3ccc4ccccc4c3)CN2C(=O)C1. The van der Waals surface area contributed by atoms with E-state index in [0.717, 1.165) is 40.4 Å². The molecule has 0 radical (unpaired) electrons. The minimum Gasteiger partial charge on any atom is -0.491 e. The number of nitrogens with zero attached hydrogens (tertiary/aromatic N) is 3. The first-order valence-corrected chi connectivity index (χ1v) is 16.6. The van der Waals surface area contributed by atoms with Crippen LogP contribution >= 0.6 is 0 Å². The standard InChI is InChI=1S/C38H43N5O4/c1-26(2)12-14-42-15-13-40-38(46)32-18-31(21-39-22-32)30-8-5-9-35(19-30)47-25-34-20-33(23-43(34)37(45)24-42)41-36(44)17-27-10-11-28-6-3-4-7-29(28)16-27/h3-11,16,18-19,21-22,26,33-34H,12-15,17,20,23-25H2,1-2H3,(H,40,46)(H,41,44)/t33-,34+/m1/s1. The van der Waals surface area contributed by atoms with Gasteiger partial charge in [0, 0.05) is 43.6 Å². The highest BCUT2D eigenvalue weighted by atomic mass is 16.5. The summed E-state index contributed by atoms with van der Waals surface area (Å²) in [6, 6.07) is 23.3. The van der Waals surface area contributed by atoms with Crippen molar-refractivity contribution in [2.24, 2.45) is 5.92 Å². The van der Waals surface area contributed by atoms with Gasteiger partial charge in [-0.3, -0.25) is 24.3 Å². The molecule has 3 amide bonds. The Labute approximate surface area is 276 Å². The number of carbonyl (C=O) groups is 3. The predicted molar refractivity (Wildman–Crippen MR) is 183 cm³/mol. The Hall–Kier alpha value is -4.76. The fourth-order valence-corrected chi connectivity index (χ4v) is 6.40. The van der Waals surface area contributed by atoms with Crippen LogP contribution in [0.3, 0.4) is 0 Å². The molecular formula is C38H43N5O4. The number of benzene rings is 3. The lowest BCUT2D eigenvalue weighted by molar-refractivity contribution is -0.134. The molecule has 244 valence electrons. The lowest BCUT2D eigenvalue weighted by atomic mass is 10.0. The summed E-state index contributed by atoms with van der Waals surface area (Å²) in [4.78, 5) is 48.5. The number of hydrogen-bond acceptors (Lipinski definition) is 6. The Morgan fingerprint density at radius 3 is 2.66 bits per heavy atom. The number of ether oxygens (including phenoxy) is 1. The van der Waals surface area contributed by atoms with Gasteiger partial charge in [0.1, 0.15) is 12.4 Å². The van der Waals surface area contributed by atoms with E-state index in [-0.39, 0.29) is 42.8 Å². The molecule has 6 rings (SSSR count). The number of amides is 3. The van der Waals surface area contributed by atoms with Gasteiger partial charge in [-0.25, -0.2) is 0 Å². The van der Waals surface area contributed by atoms with E-state index in [4.69, 9.17) is 4.74 Å². The number of fused-ring (bicyclic) bond motifs is 7. The molecule has 2 aliphatic heterocycles. The number of pyridine rings is 1. The number of nitrogens with one attached hydrogen (secondary N) is 2. The first kappa shape index (κ1) is 32.2. The zero-order valence-corrected chi connectivity index (χ0v) is 27.2. The molecule has 0 unspecified atom stereocenters. The number of aromatic nitrogens is 1. The normalized spacial score (nSPS) is 19.2. The van der Waals surface area contributed by atoms with E-state index in [1.54, 1.807) is 12.4 Å². The van der Waals surface area contributed by atoms with E-state index in [1.807, 2.05) is 59.5 Å². The first-order chi connectivity index (χ1) is 22.8. The third kappa shape index (κ3) is 8.34. The van der Waals surface area contributed by atoms with Crippen LogP contribution in [0.4, 0.5) is 0 Å². The summed E-state index contributed by atoms with van der Waals surface area (Å²) in [6.45, 7) is 6.96. The maximum atomic E-state index is 13.9.